The molecule has 0 unspecified atom stereocenters. The van der Waals surface area contributed by atoms with Crippen LogP contribution < -0.4 is 5.73 Å². The van der Waals surface area contributed by atoms with E-state index in [9.17, 15) is 8.78 Å². The Morgan fingerprint density at radius 1 is 1.35 bits per heavy atom. The molecule has 1 aliphatic carbocycles. The SMILES string of the molecule is CN(CCc1cc(F)ccc1F)CC1(N)CC1. The minimum absolute atomic E-state index is 0.0325. The number of benzene rings is 1. The number of likely N-dealkylation sites (N-methyl/N-ethyl adjacent to an activating group) is 1. The predicted molar refractivity (Wildman–Crippen MR) is 63.7 cm³/mol. The minimum atomic E-state index is -0.387. The topological polar surface area (TPSA) is 29.3 Å². The van der Waals surface area contributed by atoms with Gasteiger partial charge in [0.15, 0.2) is 0 Å². The Labute approximate surface area is 100 Å². The summed E-state index contributed by atoms with van der Waals surface area (Å²) in [5, 5.41) is 0. The van der Waals surface area contributed by atoms with Crippen molar-refractivity contribution in [1.82, 2.24) is 4.90 Å². The van der Waals surface area contributed by atoms with E-state index in [0.717, 1.165) is 25.5 Å². The second-order valence-electron chi connectivity index (χ2n) is 5.09. The molecule has 94 valence electrons. The van der Waals surface area contributed by atoms with Gasteiger partial charge in [-0.15, -0.1) is 0 Å². The molecule has 2 N–H and O–H groups in total. The number of halogens is 2. The highest BCUT2D eigenvalue weighted by molar-refractivity contribution is 5.19. The maximum absolute atomic E-state index is 13.4. The molecule has 17 heavy (non-hydrogen) atoms. The molecule has 2 nitrogen and oxygen atoms in total. The Morgan fingerprint density at radius 2 is 2.06 bits per heavy atom. The van der Waals surface area contributed by atoms with Gasteiger partial charge in [-0.05, 0) is 50.1 Å². The highest BCUT2D eigenvalue weighted by atomic mass is 19.1. The van der Waals surface area contributed by atoms with Crippen LogP contribution in [-0.2, 0) is 6.42 Å². The lowest BCUT2D eigenvalue weighted by Crippen LogP contribution is -2.38. The minimum Gasteiger partial charge on any atom is -0.324 e. The summed E-state index contributed by atoms with van der Waals surface area (Å²) >= 11 is 0. The Kier molecular flexibility index (Phi) is 3.45. The summed E-state index contributed by atoms with van der Waals surface area (Å²) in [4.78, 5) is 2.08. The van der Waals surface area contributed by atoms with Crippen LogP contribution in [0.2, 0.25) is 0 Å². The summed E-state index contributed by atoms with van der Waals surface area (Å²) in [5.74, 6) is -0.727. The van der Waals surface area contributed by atoms with E-state index in [0.29, 0.717) is 18.5 Å². The van der Waals surface area contributed by atoms with Crippen LogP contribution in [0.25, 0.3) is 0 Å². The summed E-state index contributed by atoms with van der Waals surface area (Å²) in [6.45, 7) is 1.52. The summed E-state index contributed by atoms with van der Waals surface area (Å²) in [5.41, 5.74) is 6.39. The van der Waals surface area contributed by atoms with E-state index in [-0.39, 0.29) is 17.2 Å². The molecule has 0 heterocycles. The van der Waals surface area contributed by atoms with Crippen molar-refractivity contribution in [2.24, 2.45) is 5.73 Å². The van der Waals surface area contributed by atoms with Crippen molar-refractivity contribution >= 4 is 0 Å². The third-order valence-corrected chi connectivity index (χ3v) is 3.25. The average molecular weight is 240 g/mol. The Hall–Kier alpha value is -1.00. The van der Waals surface area contributed by atoms with E-state index in [1.54, 1.807) is 0 Å². The monoisotopic (exact) mass is 240 g/mol. The third-order valence-electron chi connectivity index (χ3n) is 3.25. The van der Waals surface area contributed by atoms with Crippen molar-refractivity contribution in [3.63, 3.8) is 0 Å². The fourth-order valence-electron chi connectivity index (χ4n) is 1.98. The average Bonchev–Trinajstić information content (AvgIpc) is 2.97. The molecular weight excluding hydrogens is 222 g/mol. The number of nitrogens with two attached hydrogens (primary N) is 1. The Balaban J connectivity index is 1.86. The molecule has 1 aromatic carbocycles. The van der Waals surface area contributed by atoms with Gasteiger partial charge in [0.05, 0.1) is 0 Å². The highest BCUT2D eigenvalue weighted by Crippen LogP contribution is 2.32. The van der Waals surface area contributed by atoms with Crippen LogP contribution in [0.3, 0.4) is 0 Å². The standard InChI is InChI=1S/C13H18F2N2/c1-17(9-13(16)5-6-13)7-4-10-8-11(14)2-3-12(10)15/h2-3,8H,4-7,9,16H2,1H3. The molecule has 1 aromatic rings. The van der Waals surface area contributed by atoms with E-state index in [1.165, 1.54) is 12.1 Å². The maximum Gasteiger partial charge on any atom is 0.126 e. The smallest absolute Gasteiger partial charge is 0.126 e. The number of rotatable bonds is 5. The molecule has 1 aliphatic rings. The van der Waals surface area contributed by atoms with Gasteiger partial charge in [-0.25, -0.2) is 8.78 Å². The van der Waals surface area contributed by atoms with Crippen LogP contribution in [0, 0.1) is 11.6 Å². The van der Waals surface area contributed by atoms with Crippen LogP contribution in [0.4, 0.5) is 8.78 Å². The predicted octanol–water partition coefficient (Wildman–Crippen LogP) is 1.93. The van der Waals surface area contributed by atoms with E-state index >= 15 is 0 Å². The first-order valence-corrected chi connectivity index (χ1v) is 5.90. The Morgan fingerprint density at radius 3 is 2.71 bits per heavy atom. The molecule has 0 bridgehead atoms. The first-order chi connectivity index (χ1) is 7.98. The van der Waals surface area contributed by atoms with Crippen LogP contribution in [-0.4, -0.2) is 30.6 Å². The van der Waals surface area contributed by atoms with Crippen LogP contribution in [0.5, 0.6) is 0 Å². The van der Waals surface area contributed by atoms with Gasteiger partial charge < -0.3 is 10.6 Å². The van der Waals surface area contributed by atoms with Gasteiger partial charge in [-0.2, -0.15) is 0 Å². The molecule has 0 atom stereocenters. The molecule has 0 aromatic heterocycles. The van der Waals surface area contributed by atoms with Gasteiger partial charge in [0.1, 0.15) is 11.6 Å². The molecule has 1 fully saturated rings. The van der Waals surface area contributed by atoms with Crippen molar-refractivity contribution in [2.45, 2.75) is 24.8 Å². The zero-order valence-corrected chi connectivity index (χ0v) is 10.0. The lowest BCUT2D eigenvalue weighted by atomic mass is 10.1. The van der Waals surface area contributed by atoms with Crippen LogP contribution >= 0.6 is 0 Å². The maximum atomic E-state index is 13.4. The number of hydrogen-bond donors (Lipinski definition) is 1. The normalized spacial score (nSPS) is 17.5. The summed E-state index contributed by atoms with van der Waals surface area (Å²) in [6.07, 6.45) is 2.63. The first-order valence-electron chi connectivity index (χ1n) is 5.90. The van der Waals surface area contributed by atoms with Crippen molar-refractivity contribution in [3.05, 3.63) is 35.4 Å². The molecule has 2 rings (SSSR count). The van der Waals surface area contributed by atoms with E-state index in [2.05, 4.69) is 4.90 Å². The zero-order chi connectivity index (χ0) is 12.5. The fraction of sp³-hybridized carbons (Fsp3) is 0.538. The molecule has 1 saturated carbocycles. The molecular formula is C13H18F2N2. The molecule has 0 aliphatic heterocycles. The first kappa shape index (κ1) is 12.5. The fourth-order valence-corrected chi connectivity index (χ4v) is 1.98. The quantitative estimate of drug-likeness (QED) is 0.852. The van der Waals surface area contributed by atoms with E-state index < -0.39 is 0 Å². The number of nitrogens with zero attached hydrogens (tertiary/aromatic N) is 1. The summed E-state index contributed by atoms with van der Waals surface area (Å²) in [7, 11) is 1.96. The van der Waals surface area contributed by atoms with Gasteiger partial charge >= 0.3 is 0 Å². The van der Waals surface area contributed by atoms with Gasteiger partial charge in [0.25, 0.3) is 0 Å². The van der Waals surface area contributed by atoms with Gasteiger partial charge in [-0.1, -0.05) is 0 Å². The number of hydrogen-bond acceptors (Lipinski definition) is 2. The van der Waals surface area contributed by atoms with Crippen LogP contribution in [0.15, 0.2) is 18.2 Å². The zero-order valence-electron chi connectivity index (χ0n) is 10.0. The third kappa shape index (κ3) is 3.48. The summed E-state index contributed by atoms with van der Waals surface area (Å²) < 4.78 is 26.3. The lowest BCUT2D eigenvalue weighted by molar-refractivity contribution is 0.305. The largest absolute Gasteiger partial charge is 0.324 e. The highest BCUT2D eigenvalue weighted by Gasteiger charge is 2.38. The Bertz CT molecular complexity index is 402. The van der Waals surface area contributed by atoms with E-state index in [4.69, 9.17) is 5.73 Å². The van der Waals surface area contributed by atoms with Gasteiger partial charge in [0, 0.05) is 18.6 Å². The van der Waals surface area contributed by atoms with Crippen LogP contribution in [0.1, 0.15) is 18.4 Å². The van der Waals surface area contributed by atoms with Crippen molar-refractivity contribution in [1.29, 1.82) is 0 Å². The molecule has 0 amide bonds. The second-order valence-corrected chi connectivity index (χ2v) is 5.09. The van der Waals surface area contributed by atoms with E-state index in [1.807, 2.05) is 7.05 Å². The second kappa shape index (κ2) is 4.70. The van der Waals surface area contributed by atoms with Crippen molar-refractivity contribution in [3.8, 4) is 0 Å². The van der Waals surface area contributed by atoms with Crippen molar-refractivity contribution < 1.29 is 8.78 Å². The lowest BCUT2D eigenvalue weighted by Gasteiger charge is -2.20. The van der Waals surface area contributed by atoms with Crippen molar-refractivity contribution in [2.75, 3.05) is 20.1 Å². The van der Waals surface area contributed by atoms with Gasteiger partial charge in [0.2, 0.25) is 0 Å². The van der Waals surface area contributed by atoms with Gasteiger partial charge in [-0.3, -0.25) is 0 Å². The molecule has 4 heteroatoms. The molecule has 0 spiro atoms. The molecule has 0 radical (unpaired) electrons. The molecule has 0 saturated heterocycles. The summed E-state index contributed by atoms with van der Waals surface area (Å²) in [6, 6.07) is 3.58.